The zero-order chi connectivity index (χ0) is 17.8. The summed E-state index contributed by atoms with van der Waals surface area (Å²) in [7, 11) is 0. The zero-order valence-electron chi connectivity index (χ0n) is 14.5. The molecule has 0 N–H and O–H groups in total. The Balaban J connectivity index is 1.96. The van der Waals surface area contributed by atoms with Crippen molar-refractivity contribution in [2.24, 2.45) is 5.92 Å². The molecule has 4 rings (SSSR count). The molecule has 4 bridgehead atoms. The van der Waals surface area contributed by atoms with Crippen LogP contribution in [0.5, 0.6) is 0 Å². The third-order valence-corrected chi connectivity index (χ3v) is 5.29. The third kappa shape index (κ3) is 2.94. The fourth-order valence-corrected chi connectivity index (χ4v) is 5.41. The van der Waals surface area contributed by atoms with Crippen LogP contribution in [0.3, 0.4) is 0 Å². The van der Waals surface area contributed by atoms with Crippen molar-refractivity contribution in [3.05, 3.63) is 12.2 Å². The van der Waals surface area contributed by atoms with Crippen molar-refractivity contribution in [3.63, 3.8) is 0 Å². The molecule has 0 aliphatic heterocycles. The molecule has 0 radical (unpaired) electrons. The van der Waals surface area contributed by atoms with Gasteiger partial charge in [0.05, 0.1) is 0 Å². The maximum atomic E-state index is 12.1. The van der Waals surface area contributed by atoms with E-state index in [1.807, 2.05) is 0 Å². The molecule has 4 aliphatic rings. The highest BCUT2D eigenvalue weighted by Crippen LogP contribution is 2.63. The summed E-state index contributed by atoms with van der Waals surface area (Å²) in [6, 6.07) is 0. The Morgan fingerprint density at radius 1 is 0.792 bits per heavy atom. The number of rotatable bonds is 4. The third-order valence-electron chi connectivity index (χ3n) is 5.29. The molecule has 0 aromatic carbocycles. The second kappa shape index (κ2) is 5.33. The second-order valence-corrected chi connectivity index (χ2v) is 7.91. The Labute approximate surface area is 141 Å². The molecule has 0 spiro atoms. The van der Waals surface area contributed by atoms with E-state index < -0.39 is 22.8 Å². The van der Waals surface area contributed by atoms with Crippen LogP contribution in [-0.2, 0) is 28.6 Å². The molecular weight excluding hydrogens is 312 g/mol. The van der Waals surface area contributed by atoms with Gasteiger partial charge >= 0.3 is 17.9 Å². The molecule has 6 nitrogen and oxygen atoms in total. The molecule has 0 saturated heterocycles. The number of carbonyl (C=O) groups excluding carboxylic acids is 3. The van der Waals surface area contributed by atoms with Crippen molar-refractivity contribution in [2.45, 2.75) is 76.1 Å². The molecule has 0 heterocycles. The lowest BCUT2D eigenvalue weighted by Crippen LogP contribution is -2.68. The highest BCUT2D eigenvalue weighted by molar-refractivity contribution is 5.87. The zero-order valence-corrected chi connectivity index (χ0v) is 14.5. The van der Waals surface area contributed by atoms with E-state index in [0.717, 1.165) is 12.8 Å². The van der Waals surface area contributed by atoms with Crippen molar-refractivity contribution in [3.8, 4) is 0 Å². The van der Waals surface area contributed by atoms with E-state index >= 15 is 0 Å². The van der Waals surface area contributed by atoms with E-state index in [0.29, 0.717) is 31.3 Å². The molecule has 0 amide bonds. The SMILES string of the molecule is C=C(C)C(=O)OC12CC3CC(OC(C)=O)(CC(OC(C)=O)(C3)C1)C2. The quantitative estimate of drug-likeness (QED) is 0.446. The minimum absolute atomic E-state index is 0.192. The van der Waals surface area contributed by atoms with Gasteiger partial charge in [-0.3, -0.25) is 9.59 Å². The van der Waals surface area contributed by atoms with Gasteiger partial charge in [0.15, 0.2) is 0 Å². The van der Waals surface area contributed by atoms with Gasteiger partial charge in [-0.25, -0.2) is 4.79 Å². The summed E-state index contributed by atoms with van der Waals surface area (Å²) in [5.74, 6) is -0.988. The van der Waals surface area contributed by atoms with Crippen LogP contribution in [0.1, 0.15) is 59.3 Å². The van der Waals surface area contributed by atoms with E-state index in [1.54, 1.807) is 6.92 Å². The molecule has 0 aromatic rings. The van der Waals surface area contributed by atoms with Gasteiger partial charge < -0.3 is 14.2 Å². The first-order valence-corrected chi connectivity index (χ1v) is 8.35. The van der Waals surface area contributed by atoms with Crippen LogP contribution in [0, 0.1) is 5.92 Å². The molecule has 132 valence electrons. The van der Waals surface area contributed by atoms with Crippen LogP contribution in [0.2, 0.25) is 0 Å². The van der Waals surface area contributed by atoms with Crippen LogP contribution >= 0.6 is 0 Å². The minimum Gasteiger partial charge on any atom is -0.459 e. The maximum absolute atomic E-state index is 12.1. The Morgan fingerprint density at radius 3 is 1.50 bits per heavy atom. The number of ether oxygens (including phenoxy) is 3. The number of hydrogen-bond acceptors (Lipinski definition) is 6. The molecule has 6 heteroatoms. The van der Waals surface area contributed by atoms with Crippen LogP contribution in [-0.4, -0.2) is 34.7 Å². The normalized spacial score (nSPS) is 39.2. The molecule has 4 saturated carbocycles. The molecule has 4 fully saturated rings. The minimum atomic E-state index is -0.764. The predicted octanol–water partition coefficient (Wildman–Crippen LogP) is 2.45. The van der Waals surface area contributed by atoms with Crippen molar-refractivity contribution in [1.29, 1.82) is 0 Å². The Hall–Kier alpha value is -1.85. The Kier molecular flexibility index (Phi) is 3.77. The van der Waals surface area contributed by atoms with E-state index in [4.69, 9.17) is 14.2 Å². The molecule has 2 atom stereocenters. The van der Waals surface area contributed by atoms with Crippen molar-refractivity contribution in [2.75, 3.05) is 0 Å². The largest absolute Gasteiger partial charge is 0.459 e. The van der Waals surface area contributed by atoms with Gasteiger partial charge in [-0.05, 0) is 32.1 Å². The second-order valence-electron chi connectivity index (χ2n) is 7.91. The molecule has 24 heavy (non-hydrogen) atoms. The summed E-state index contributed by atoms with van der Waals surface area (Å²) in [4.78, 5) is 35.4. The first kappa shape index (κ1) is 17.0. The molecule has 0 aromatic heterocycles. The van der Waals surface area contributed by atoms with Crippen molar-refractivity contribution < 1.29 is 28.6 Å². The lowest BCUT2D eigenvalue weighted by Gasteiger charge is -2.63. The Bertz CT molecular complexity index is 589. The van der Waals surface area contributed by atoms with Crippen LogP contribution in [0.4, 0.5) is 0 Å². The number of carbonyl (C=O) groups is 3. The van der Waals surface area contributed by atoms with Crippen molar-refractivity contribution >= 4 is 17.9 Å². The lowest BCUT2D eigenvalue weighted by atomic mass is 9.50. The monoisotopic (exact) mass is 336 g/mol. The van der Waals surface area contributed by atoms with Gasteiger partial charge in [0, 0.05) is 38.7 Å². The van der Waals surface area contributed by atoms with Crippen LogP contribution in [0.25, 0.3) is 0 Å². The van der Waals surface area contributed by atoms with Gasteiger partial charge in [-0.15, -0.1) is 0 Å². The Morgan fingerprint density at radius 2 is 1.17 bits per heavy atom. The summed E-state index contributed by atoms with van der Waals surface area (Å²) in [5.41, 5.74) is -1.89. The molecule has 4 aliphatic carbocycles. The summed E-state index contributed by atoms with van der Waals surface area (Å²) < 4.78 is 17.2. The van der Waals surface area contributed by atoms with Gasteiger partial charge in [0.1, 0.15) is 16.8 Å². The van der Waals surface area contributed by atoms with Crippen molar-refractivity contribution in [1.82, 2.24) is 0 Å². The predicted molar refractivity (Wildman–Crippen MR) is 83.8 cm³/mol. The maximum Gasteiger partial charge on any atom is 0.333 e. The topological polar surface area (TPSA) is 78.9 Å². The van der Waals surface area contributed by atoms with Crippen LogP contribution < -0.4 is 0 Å². The average Bonchev–Trinajstić information content (AvgIpc) is 2.32. The van der Waals surface area contributed by atoms with E-state index in [1.165, 1.54) is 13.8 Å². The van der Waals surface area contributed by atoms with Gasteiger partial charge in [0.2, 0.25) is 0 Å². The van der Waals surface area contributed by atoms with Crippen LogP contribution in [0.15, 0.2) is 12.2 Å². The van der Waals surface area contributed by atoms with Gasteiger partial charge in [-0.2, -0.15) is 0 Å². The number of esters is 3. The number of hydrogen-bond donors (Lipinski definition) is 0. The summed E-state index contributed by atoms with van der Waals surface area (Å²) in [5, 5.41) is 0. The van der Waals surface area contributed by atoms with E-state index in [2.05, 4.69) is 6.58 Å². The lowest BCUT2D eigenvalue weighted by molar-refractivity contribution is -0.270. The summed E-state index contributed by atoms with van der Waals surface area (Å²) >= 11 is 0. The van der Waals surface area contributed by atoms with E-state index in [9.17, 15) is 14.4 Å². The first-order valence-electron chi connectivity index (χ1n) is 8.35. The standard InChI is InChI=1S/C18H24O6/c1-11(2)15(21)24-18-7-14-5-16(9-18,22-12(3)19)8-17(6-14,10-18)23-13(4)20/h14H,1,5-10H2,2-4H3. The molecule has 2 unspecified atom stereocenters. The average molecular weight is 336 g/mol. The van der Waals surface area contributed by atoms with Gasteiger partial charge in [0.25, 0.3) is 0 Å². The van der Waals surface area contributed by atoms with Gasteiger partial charge in [-0.1, -0.05) is 6.58 Å². The fourth-order valence-electron chi connectivity index (χ4n) is 5.41. The smallest absolute Gasteiger partial charge is 0.333 e. The molecular formula is C18H24O6. The highest BCUT2D eigenvalue weighted by Gasteiger charge is 2.68. The summed E-state index contributed by atoms with van der Waals surface area (Å²) in [6.45, 7) is 8.00. The summed E-state index contributed by atoms with van der Waals surface area (Å²) in [6.07, 6.45) is 3.54. The fraction of sp³-hybridized carbons (Fsp3) is 0.722. The first-order chi connectivity index (χ1) is 11.1. The highest BCUT2D eigenvalue weighted by atomic mass is 16.6. The van der Waals surface area contributed by atoms with E-state index in [-0.39, 0.29) is 17.9 Å².